The zero-order valence-corrected chi connectivity index (χ0v) is 18.9. The molecular formula is C21H20ClF2N3O5S. The van der Waals surface area contributed by atoms with Gasteiger partial charge in [0.05, 0.1) is 4.90 Å². The van der Waals surface area contributed by atoms with Crippen LogP contribution in [0.25, 0.3) is 0 Å². The van der Waals surface area contributed by atoms with E-state index in [-0.39, 0.29) is 22.5 Å². The first kappa shape index (κ1) is 24.6. The summed E-state index contributed by atoms with van der Waals surface area (Å²) in [6.45, 7) is 2.55. The molecule has 176 valence electrons. The highest BCUT2D eigenvalue weighted by Crippen LogP contribution is 2.33. The average molecular weight is 500 g/mol. The molecule has 3 aromatic rings. The highest BCUT2D eigenvalue weighted by molar-refractivity contribution is 7.85. The predicted molar refractivity (Wildman–Crippen MR) is 118 cm³/mol. The number of benzene rings is 2. The van der Waals surface area contributed by atoms with Crippen molar-refractivity contribution in [2.24, 2.45) is 0 Å². The molecule has 0 amide bonds. The van der Waals surface area contributed by atoms with Crippen LogP contribution in [0.15, 0.2) is 53.7 Å². The molecule has 2 aromatic carbocycles. The zero-order valence-electron chi connectivity index (χ0n) is 17.3. The Morgan fingerprint density at radius 2 is 1.82 bits per heavy atom. The molecule has 33 heavy (non-hydrogen) atoms. The maximum atomic E-state index is 12.7. The SMILES string of the molecule is Cc1ccc(S(=O)(=O)O)cc1.FC(F)c1ncnc(NCCc2ccc3c(c2)OCO3)c1Cl. The molecule has 2 N–H and O–H groups in total. The van der Waals surface area contributed by atoms with Crippen molar-refractivity contribution in [1.82, 2.24) is 9.97 Å². The molecule has 8 nitrogen and oxygen atoms in total. The first-order valence-electron chi connectivity index (χ1n) is 9.60. The zero-order chi connectivity index (χ0) is 24.0. The van der Waals surface area contributed by atoms with Gasteiger partial charge in [-0.05, 0) is 43.2 Å². The number of aromatic nitrogens is 2. The molecule has 1 aliphatic rings. The van der Waals surface area contributed by atoms with Crippen molar-refractivity contribution < 1.29 is 31.2 Å². The molecule has 2 heterocycles. The van der Waals surface area contributed by atoms with Crippen LogP contribution in [0.4, 0.5) is 14.6 Å². The number of aryl methyl sites for hydroxylation is 1. The molecule has 0 saturated carbocycles. The van der Waals surface area contributed by atoms with Gasteiger partial charge in [-0.25, -0.2) is 18.7 Å². The lowest BCUT2D eigenvalue weighted by atomic mass is 10.1. The van der Waals surface area contributed by atoms with Crippen LogP contribution in [0.3, 0.4) is 0 Å². The van der Waals surface area contributed by atoms with Crippen LogP contribution in [0.1, 0.15) is 23.2 Å². The molecular weight excluding hydrogens is 480 g/mol. The summed E-state index contributed by atoms with van der Waals surface area (Å²) in [7, 11) is -4.02. The summed E-state index contributed by atoms with van der Waals surface area (Å²) >= 11 is 5.86. The molecule has 4 rings (SSSR count). The Hall–Kier alpha value is -3.02. The third-order valence-corrected chi connectivity index (χ3v) is 5.73. The molecule has 0 saturated heterocycles. The summed E-state index contributed by atoms with van der Waals surface area (Å²) in [6, 6.07) is 11.6. The van der Waals surface area contributed by atoms with Crippen molar-refractivity contribution in [3.63, 3.8) is 0 Å². The second kappa shape index (κ2) is 10.7. The van der Waals surface area contributed by atoms with Gasteiger partial charge in [-0.1, -0.05) is 35.4 Å². The lowest BCUT2D eigenvalue weighted by Crippen LogP contribution is -2.08. The number of fused-ring (bicyclic) bond motifs is 1. The van der Waals surface area contributed by atoms with Crippen LogP contribution in [-0.2, 0) is 16.5 Å². The molecule has 0 radical (unpaired) electrons. The molecule has 0 fully saturated rings. The molecule has 1 aromatic heterocycles. The van der Waals surface area contributed by atoms with Crippen molar-refractivity contribution in [3.05, 3.63) is 70.6 Å². The summed E-state index contributed by atoms with van der Waals surface area (Å²) < 4.78 is 65.5. The van der Waals surface area contributed by atoms with E-state index < -0.39 is 22.2 Å². The van der Waals surface area contributed by atoms with Gasteiger partial charge in [0, 0.05) is 6.54 Å². The smallest absolute Gasteiger partial charge is 0.294 e. The summed E-state index contributed by atoms with van der Waals surface area (Å²) in [4.78, 5) is 7.29. The third kappa shape index (κ3) is 6.73. The van der Waals surface area contributed by atoms with Gasteiger partial charge in [0.25, 0.3) is 16.5 Å². The van der Waals surface area contributed by atoms with E-state index in [0.717, 1.165) is 23.2 Å². The molecule has 1 aliphatic heterocycles. The van der Waals surface area contributed by atoms with Crippen molar-refractivity contribution in [2.75, 3.05) is 18.7 Å². The monoisotopic (exact) mass is 499 g/mol. The maximum absolute atomic E-state index is 12.7. The number of nitrogens with one attached hydrogen (secondary N) is 1. The molecule has 0 atom stereocenters. The second-order valence-electron chi connectivity index (χ2n) is 6.87. The summed E-state index contributed by atoms with van der Waals surface area (Å²) in [5.41, 5.74) is 1.51. The Balaban J connectivity index is 0.000000235. The quantitative estimate of drug-likeness (QED) is 0.470. The number of ether oxygens (including phenoxy) is 2. The van der Waals surface area contributed by atoms with Crippen LogP contribution in [0.2, 0.25) is 5.02 Å². The molecule has 0 spiro atoms. The normalized spacial score (nSPS) is 12.3. The lowest BCUT2D eigenvalue weighted by molar-refractivity contribution is 0.146. The highest BCUT2D eigenvalue weighted by atomic mass is 35.5. The highest BCUT2D eigenvalue weighted by Gasteiger charge is 2.17. The minimum absolute atomic E-state index is 0.0666. The van der Waals surface area contributed by atoms with E-state index in [9.17, 15) is 17.2 Å². The number of nitrogens with zero attached hydrogens (tertiary/aromatic N) is 2. The maximum Gasteiger partial charge on any atom is 0.294 e. The number of alkyl halides is 2. The van der Waals surface area contributed by atoms with Crippen molar-refractivity contribution in [1.29, 1.82) is 0 Å². The number of hydrogen-bond donors (Lipinski definition) is 2. The van der Waals surface area contributed by atoms with Crippen molar-refractivity contribution in [3.8, 4) is 11.5 Å². The largest absolute Gasteiger partial charge is 0.454 e. The van der Waals surface area contributed by atoms with Gasteiger partial charge in [-0.15, -0.1) is 0 Å². The minimum Gasteiger partial charge on any atom is -0.454 e. The van der Waals surface area contributed by atoms with Gasteiger partial charge in [-0.3, -0.25) is 4.55 Å². The Bertz CT molecular complexity index is 1210. The van der Waals surface area contributed by atoms with E-state index in [4.69, 9.17) is 25.6 Å². The van der Waals surface area contributed by atoms with Crippen LogP contribution in [0.5, 0.6) is 11.5 Å². The van der Waals surface area contributed by atoms with Gasteiger partial charge in [0.15, 0.2) is 11.5 Å². The fourth-order valence-corrected chi connectivity index (χ4v) is 3.52. The van der Waals surface area contributed by atoms with E-state index in [1.165, 1.54) is 12.1 Å². The fourth-order valence-electron chi connectivity index (χ4n) is 2.79. The number of hydrogen-bond acceptors (Lipinski definition) is 7. The van der Waals surface area contributed by atoms with E-state index >= 15 is 0 Å². The minimum atomic E-state index is -4.02. The standard InChI is InChI=1S/C14H12ClF2N3O2.C7H8O3S/c15-11-12(13(16)17)19-6-20-14(11)18-4-3-8-1-2-9-10(5-8)22-7-21-9;1-6-2-4-7(5-3-6)11(8,9)10/h1-2,5-6,13H,3-4,7H2,(H,18,19,20);2-5H,1H3,(H,8,9,10). The first-order chi connectivity index (χ1) is 15.6. The second-order valence-corrected chi connectivity index (χ2v) is 8.67. The van der Waals surface area contributed by atoms with Gasteiger partial charge in [0.2, 0.25) is 6.79 Å². The Labute approximate surface area is 194 Å². The summed E-state index contributed by atoms with van der Waals surface area (Å²) in [6.07, 6.45) is -1.01. The van der Waals surface area contributed by atoms with Gasteiger partial charge >= 0.3 is 0 Å². The fraction of sp³-hybridized carbons (Fsp3) is 0.238. The van der Waals surface area contributed by atoms with Gasteiger partial charge in [-0.2, -0.15) is 8.42 Å². The Kier molecular flexibility index (Phi) is 8.01. The summed E-state index contributed by atoms with van der Waals surface area (Å²) in [5.74, 6) is 1.63. The van der Waals surface area contributed by atoms with Crippen molar-refractivity contribution in [2.45, 2.75) is 24.7 Å². The number of anilines is 1. The van der Waals surface area contributed by atoms with Gasteiger partial charge < -0.3 is 14.8 Å². The van der Waals surface area contributed by atoms with Crippen molar-refractivity contribution >= 4 is 27.5 Å². The molecule has 12 heteroatoms. The van der Waals surface area contributed by atoms with E-state index in [0.29, 0.717) is 18.7 Å². The van der Waals surface area contributed by atoms with Gasteiger partial charge in [0.1, 0.15) is 22.9 Å². The molecule has 0 aliphatic carbocycles. The lowest BCUT2D eigenvalue weighted by Gasteiger charge is -2.09. The van der Waals surface area contributed by atoms with E-state index in [1.54, 1.807) is 12.1 Å². The number of rotatable bonds is 6. The van der Waals surface area contributed by atoms with E-state index in [1.807, 2.05) is 25.1 Å². The predicted octanol–water partition coefficient (Wildman–Crippen LogP) is 4.69. The van der Waals surface area contributed by atoms with Crippen LogP contribution in [0, 0.1) is 6.92 Å². The van der Waals surface area contributed by atoms with E-state index in [2.05, 4.69) is 15.3 Å². The third-order valence-electron chi connectivity index (χ3n) is 4.49. The molecule has 0 bridgehead atoms. The Morgan fingerprint density at radius 1 is 1.12 bits per heavy atom. The first-order valence-corrected chi connectivity index (χ1v) is 11.4. The Morgan fingerprint density at radius 3 is 2.48 bits per heavy atom. The average Bonchev–Trinajstić information content (AvgIpc) is 3.23. The topological polar surface area (TPSA) is 111 Å². The summed E-state index contributed by atoms with van der Waals surface area (Å²) in [5, 5.41) is 2.79. The number of halogens is 3. The van der Waals surface area contributed by atoms with Crippen LogP contribution < -0.4 is 14.8 Å². The molecule has 0 unspecified atom stereocenters. The van der Waals surface area contributed by atoms with Crippen LogP contribution >= 0.6 is 11.6 Å². The van der Waals surface area contributed by atoms with Crippen LogP contribution in [-0.4, -0.2) is 36.3 Å².